The number of aromatic hydroxyl groups is 1. The van der Waals surface area contributed by atoms with Gasteiger partial charge in [0.25, 0.3) is 0 Å². The summed E-state index contributed by atoms with van der Waals surface area (Å²) >= 11 is 5.72. The fourth-order valence-electron chi connectivity index (χ4n) is 3.70. The Hall–Kier alpha value is -3.49. The van der Waals surface area contributed by atoms with Crippen molar-refractivity contribution in [1.29, 1.82) is 0 Å². The van der Waals surface area contributed by atoms with Crippen molar-refractivity contribution in [2.45, 2.75) is 12.3 Å². The fraction of sp³-hybridized carbons (Fsp3) is 0.160. The van der Waals surface area contributed by atoms with E-state index in [1.54, 1.807) is 0 Å². The molecule has 1 aliphatic carbocycles. The molecule has 4 nitrogen and oxygen atoms in total. The fourth-order valence-corrected chi connectivity index (χ4v) is 3.90. The molecule has 0 atom stereocenters. The molecule has 0 unspecified atom stereocenters. The van der Waals surface area contributed by atoms with Crippen LogP contribution in [0.25, 0.3) is 11.1 Å². The number of phenolic OH excluding ortho intramolecular Hbond substituents is 1. The molecule has 31 heavy (non-hydrogen) atoms. The number of amides is 1. The number of benzene rings is 3. The maximum Gasteiger partial charge on any atom is 0.407 e. The quantitative estimate of drug-likeness (QED) is 0.422. The first-order chi connectivity index (χ1) is 15.0. The van der Waals surface area contributed by atoms with Gasteiger partial charge in [-0.2, -0.15) is 0 Å². The van der Waals surface area contributed by atoms with Gasteiger partial charge in [0.1, 0.15) is 18.2 Å². The number of fused-ring (bicyclic) bond motifs is 3. The van der Waals surface area contributed by atoms with Crippen molar-refractivity contribution in [2.75, 3.05) is 13.2 Å². The van der Waals surface area contributed by atoms with Gasteiger partial charge in [-0.15, -0.1) is 0 Å². The van der Waals surface area contributed by atoms with E-state index < -0.39 is 11.9 Å². The lowest BCUT2D eigenvalue weighted by molar-refractivity contribution is 0.143. The van der Waals surface area contributed by atoms with E-state index in [9.17, 15) is 14.3 Å². The third kappa shape index (κ3) is 4.50. The van der Waals surface area contributed by atoms with Crippen LogP contribution in [0.1, 0.15) is 29.0 Å². The van der Waals surface area contributed by atoms with Crippen LogP contribution in [0.3, 0.4) is 0 Å². The van der Waals surface area contributed by atoms with Crippen LogP contribution in [0.15, 0.2) is 60.7 Å². The normalized spacial score (nSPS) is 11.8. The van der Waals surface area contributed by atoms with Gasteiger partial charge in [0.05, 0.1) is 10.6 Å². The molecule has 3 aromatic carbocycles. The summed E-state index contributed by atoms with van der Waals surface area (Å²) < 4.78 is 18.8. The molecule has 1 aliphatic rings. The lowest BCUT2D eigenvalue weighted by atomic mass is 9.98. The van der Waals surface area contributed by atoms with Crippen LogP contribution in [0, 0.1) is 17.7 Å². The minimum absolute atomic E-state index is 0.00126. The maximum atomic E-state index is 13.4. The summed E-state index contributed by atoms with van der Waals surface area (Å²) in [5.41, 5.74) is 4.74. The molecule has 0 fully saturated rings. The Morgan fingerprint density at radius 1 is 1.10 bits per heavy atom. The van der Waals surface area contributed by atoms with E-state index in [2.05, 4.69) is 41.4 Å². The van der Waals surface area contributed by atoms with Gasteiger partial charge >= 0.3 is 6.09 Å². The number of rotatable bonds is 4. The lowest BCUT2D eigenvalue weighted by Gasteiger charge is -2.14. The number of carbonyl (C=O) groups is 1. The zero-order valence-electron chi connectivity index (χ0n) is 16.5. The molecule has 0 saturated carbocycles. The van der Waals surface area contributed by atoms with Crippen LogP contribution < -0.4 is 5.32 Å². The van der Waals surface area contributed by atoms with E-state index in [0.717, 1.165) is 23.3 Å². The van der Waals surface area contributed by atoms with Crippen molar-refractivity contribution in [2.24, 2.45) is 0 Å². The average Bonchev–Trinajstić information content (AvgIpc) is 3.09. The summed E-state index contributed by atoms with van der Waals surface area (Å²) in [6, 6.07) is 18.4. The molecule has 0 spiro atoms. The molecule has 0 heterocycles. The second kappa shape index (κ2) is 9.11. The molecular formula is C25H19ClFNO3. The van der Waals surface area contributed by atoms with E-state index in [1.165, 1.54) is 11.1 Å². The van der Waals surface area contributed by atoms with Crippen LogP contribution in [-0.4, -0.2) is 24.4 Å². The van der Waals surface area contributed by atoms with Gasteiger partial charge in [-0.05, 0) is 34.4 Å². The van der Waals surface area contributed by atoms with Crippen LogP contribution in [0.5, 0.6) is 5.75 Å². The van der Waals surface area contributed by atoms with Crippen LogP contribution in [0.4, 0.5) is 9.18 Å². The van der Waals surface area contributed by atoms with E-state index in [-0.39, 0.29) is 35.4 Å². The summed E-state index contributed by atoms with van der Waals surface area (Å²) in [4.78, 5) is 12.1. The van der Waals surface area contributed by atoms with Crippen molar-refractivity contribution in [3.8, 4) is 28.7 Å². The minimum atomic E-state index is -0.580. The van der Waals surface area contributed by atoms with E-state index in [0.29, 0.717) is 6.42 Å². The van der Waals surface area contributed by atoms with Gasteiger partial charge in [0.2, 0.25) is 0 Å². The SMILES string of the molecule is O=C(NCCC#Cc1cc(F)cc(Cl)c1O)OCC1c2ccccc2-c2ccccc21. The summed E-state index contributed by atoms with van der Waals surface area (Å²) in [6.07, 6.45) is -0.224. The molecular weight excluding hydrogens is 417 g/mol. The van der Waals surface area contributed by atoms with Crippen LogP contribution >= 0.6 is 11.6 Å². The molecule has 1 amide bonds. The smallest absolute Gasteiger partial charge is 0.407 e. The molecule has 0 radical (unpaired) electrons. The first-order valence-electron chi connectivity index (χ1n) is 9.80. The summed E-state index contributed by atoms with van der Waals surface area (Å²) in [6.45, 7) is 0.495. The van der Waals surface area contributed by atoms with E-state index in [1.807, 2.05) is 24.3 Å². The van der Waals surface area contributed by atoms with Gasteiger partial charge in [0, 0.05) is 18.9 Å². The molecule has 2 N–H and O–H groups in total. The number of hydrogen-bond donors (Lipinski definition) is 2. The van der Waals surface area contributed by atoms with Crippen LogP contribution in [0.2, 0.25) is 5.02 Å². The second-order valence-electron chi connectivity index (χ2n) is 7.09. The van der Waals surface area contributed by atoms with E-state index in [4.69, 9.17) is 16.3 Å². The Morgan fingerprint density at radius 3 is 2.42 bits per heavy atom. The number of nitrogens with one attached hydrogen (secondary N) is 1. The molecule has 0 bridgehead atoms. The monoisotopic (exact) mass is 435 g/mol. The summed E-state index contributed by atoms with van der Waals surface area (Å²) in [7, 11) is 0. The Kier molecular flexibility index (Phi) is 6.11. The van der Waals surface area contributed by atoms with Crippen molar-refractivity contribution in [3.63, 3.8) is 0 Å². The number of halogens is 2. The van der Waals surface area contributed by atoms with Gasteiger partial charge < -0.3 is 15.2 Å². The molecule has 156 valence electrons. The summed E-state index contributed by atoms with van der Waals surface area (Å²) in [5, 5.41) is 12.3. The second-order valence-corrected chi connectivity index (χ2v) is 7.50. The first kappa shape index (κ1) is 20.8. The van der Waals surface area contributed by atoms with Gasteiger partial charge in [-0.25, -0.2) is 9.18 Å². The van der Waals surface area contributed by atoms with Gasteiger partial charge in [-0.3, -0.25) is 0 Å². The topological polar surface area (TPSA) is 58.6 Å². The third-order valence-electron chi connectivity index (χ3n) is 5.11. The Morgan fingerprint density at radius 2 is 1.74 bits per heavy atom. The van der Waals surface area contributed by atoms with Crippen molar-refractivity contribution in [1.82, 2.24) is 5.32 Å². The lowest BCUT2D eigenvalue weighted by Crippen LogP contribution is -2.26. The molecule has 0 aliphatic heterocycles. The molecule has 4 rings (SSSR count). The number of phenols is 1. The average molecular weight is 436 g/mol. The van der Waals surface area contributed by atoms with Crippen molar-refractivity contribution >= 4 is 17.7 Å². The summed E-state index contributed by atoms with van der Waals surface area (Å²) in [5.74, 6) is 4.58. The number of carbonyl (C=O) groups excluding carboxylic acids is 1. The first-order valence-corrected chi connectivity index (χ1v) is 10.2. The maximum absolute atomic E-state index is 13.4. The number of ether oxygens (including phenoxy) is 1. The largest absolute Gasteiger partial charge is 0.505 e. The predicted molar refractivity (Wildman–Crippen MR) is 118 cm³/mol. The predicted octanol–water partition coefficient (Wildman–Crippen LogP) is 5.47. The highest BCUT2D eigenvalue weighted by Gasteiger charge is 2.28. The standard InChI is InChI=1S/C25H19ClFNO3/c26-23-14-17(27)13-16(24(23)29)7-5-6-12-28-25(30)31-15-22-20-10-3-1-8-18(20)19-9-2-4-11-21(19)22/h1-4,8-11,13-14,22,29H,6,12,15H2,(H,28,30). The highest BCUT2D eigenvalue weighted by molar-refractivity contribution is 6.32. The van der Waals surface area contributed by atoms with Gasteiger partial charge in [0.15, 0.2) is 0 Å². The zero-order valence-corrected chi connectivity index (χ0v) is 17.2. The highest BCUT2D eigenvalue weighted by atomic mass is 35.5. The molecule has 0 saturated heterocycles. The Labute approximate surface area is 184 Å². The highest BCUT2D eigenvalue weighted by Crippen LogP contribution is 2.44. The Bertz CT molecular complexity index is 1150. The van der Waals surface area contributed by atoms with E-state index >= 15 is 0 Å². The molecule has 3 aromatic rings. The zero-order chi connectivity index (χ0) is 21.8. The third-order valence-corrected chi connectivity index (χ3v) is 5.40. The molecule has 0 aromatic heterocycles. The Balaban J connectivity index is 1.30. The molecule has 6 heteroatoms. The minimum Gasteiger partial charge on any atom is -0.505 e. The van der Waals surface area contributed by atoms with Crippen molar-refractivity contribution in [3.05, 3.63) is 88.2 Å². The van der Waals surface area contributed by atoms with Gasteiger partial charge in [-0.1, -0.05) is 72.0 Å². The van der Waals surface area contributed by atoms with Crippen molar-refractivity contribution < 1.29 is 19.0 Å². The number of hydrogen-bond acceptors (Lipinski definition) is 3. The number of alkyl carbamates (subject to hydrolysis) is 1. The van der Waals surface area contributed by atoms with Crippen LogP contribution in [-0.2, 0) is 4.74 Å².